The summed E-state index contributed by atoms with van der Waals surface area (Å²) in [4.78, 5) is 32.3. The quantitative estimate of drug-likeness (QED) is 0.113. The molecule has 0 heterocycles. The van der Waals surface area contributed by atoms with E-state index in [1.54, 1.807) is 0 Å². The molecule has 9 nitrogen and oxygen atoms in total. The first-order chi connectivity index (χ1) is 22.4. The summed E-state index contributed by atoms with van der Waals surface area (Å²) in [6, 6.07) is 35.4. The molecule has 0 fully saturated rings. The summed E-state index contributed by atoms with van der Waals surface area (Å²) in [5, 5.41) is 34.0. The second kappa shape index (κ2) is 18.2. The van der Waals surface area contributed by atoms with Crippen LogP contribution in [0.4, 0.5) is 0 Å². The highest BCUT2D eigenvalue weighted by molar-refractivity contribution is 5.84. The molecule has 5 aromatic carbocycles. The van der Waals surface area contributed by atoms with Gasteiger partial charge in [-0.25, -0.2) is 0 Å². The van der Waals surface area contributed by atoms with Gasteiger partial charge in [0.2, 0.25) is 0 Å². The first kappa shape index (κ1) is 36.4. The Balaban J connectivity index is 0.000000192. The number of nitrogens with one attached hydrogen (secondary N) is 1. The van der Waals surface area contributed by atoms with E-state index in [0.717, 1.165) is 38.2 Å². The summed E-state index contributed by atoms with van der Waals surface area (Å²) < 4.78 is 0. The van der Waals surface area contributed by atoms with E-state index in [-0.39, 0.29) is 6.04 Å². The molecule has 0 bridgehead atoms. The molecule has 47 heavy (non-hydrogen) atoms. The standard InChI is InChI=1S/2C13H13NO2.C12H17NO2/c2*14-12(13(15)16)8-9-5-6-10-3-1-2-4-11(10)7-9;1-9(2)13-11(12(14)15)8-10-6-4-3-5-7-10/h2*1-7,12H,8,14H2,(H,15,16);3-7,9,11,13H,8H2,1-2H3,(H,14,15)/t2*12-;11-/m100/s1. The molecule has 246 valence electrons. The lowest BCUT2D eigenvalue weighted by Gasteiger charge is -2.17. The SMILES string of the molecule is CC(C)N[C@@H](Cc1ccccc1)C(=O)O.N[C@@H](Cc1ccc2ccccc2c1)C(=O)O.N[C@H](Cc1ccc2ccccc2c1)C(=O)O. The Morgan fingerprint density at radius 2 is 0.936 bits per heavy atom. The van der Waals surface area contributed by atoms with Crippen LogP contribution in [0.25, 0.3) is 21.5 Å². The third kappa shape index (κ3) is 12.3. The molecular weight excluding hydrogens is 594 g/mol. The van der Waals surface area contributed by atoms with Crippen molar-refractivity contribution in [3.05, 3.63) is 132 Å². The zero-order valence-corrected chi connectivity index (χ0v) is 26.6. The number of rotatable bonds is 11. The van der Waals surface area contributed by atoms with Gasteiger partial charge in [0, 0.05) is 6.04 Å². The molecule has 0 aliphatic heterocycles. The second-order valence-electron chi connectivity index (χ2n) is 11.6. The van der Waals surface area contributed by atoms with Gasteiger partial charge in [-0.1, -0.05) is 129 Å². The fourth-order valence-electron chi connectivity index (χ4n) is 4.88. The maximum atomic E-state index is 11.0. The smallest absolute Gasteiger partial charge is 0.321 e. The van der Waals surface area contributed by atoms with Crippen molar-refractivity contribution >= 4 is 39.5 Å². The van der Waals surface area contributed by atoms with Crippen LogP contribution in [-0.2, 0) is 33.6 Å². The molecule has 9 heteroatoms. The lowest BCUT2D eigenvalue weighted by molar-refractivity contribution is -0.140. The van der Waals surface area contributed by atoms with E-state index in [1.807, 2.05) is 129 Å². The molecule has 0 saturated heterocycles. The van der Waals surface area contributed by atoms with Gasteiger partial charge < -0.3 is 32.1 Å². The summed E-state index contributed by atoms with van der Waals surface area (Å²) in [5.41, 5.74) is 13.9. The van der Waals surface area contributed by atoms with Crippen LogP contribution in [0.5, 0.6) is 0 Å². The minimum atomic E-state index is -0.965. The van der Waals surface area contributed by atoms with Crippen LogP contribution in [0.1, 0.15) is 30.5 Å². The normalized spacial score (nSPS) is 12.6. The van der Waals surface area contributed by atoms with Crippen LogP contribution >= 0.6 is 0 Å². The van der Waals surface area contributed by atoms with Gasteiger partial charge in [0.05, 0.1) is 0 Å². The fraction of sp³-hybridized carbons (Fsp3) is 0.237. The Labute approximate surface area is 274 Å². The number of hydrogen-bond donors (Lipinski definition) is 6. The highest BCUT2D eigenvalue weighted by Crippen LogP contribution is 2.17. The predicted molar refractivity (Wildman–Crippen MR) is 186 cm³/mol. The van der Waals surface area contributed by atoms with E-state index >= 15 is 0 Å². The minimum absolute atomic E-state index is 0.176. The molecule has 5 aromatic rings. The third-order valence-corrected chi connectivity index (χ3v) is 7.29. The maximum absolute atomic E-state index is 11.0. The number of nitrogens with two attached hydrogens (primary N) is 2. The van der Waals surface area contributed by atoms with Gasteiger partial charge in [-0.15, -0.1) is 0 Å². The predicted octanol–water partition coefficient (Wildman–Crippen LogP) is 5.27. The molecule has 8 N–H and O–H groups in total. The zero-order valence-electron chi connectivity index (χ0n) is 26.6. The van der Waals surface area contributed by atoms with Gasteiger partial charge in [-0.2, -0.15) is 0 Å². The summed E-state index contributed by atoms with van der Waals surface area (Å²) >= 11 is 0. The molecule has 5 rings (SSSR count). The monoisotopic (exact) mass is 637 g/mol. The average molecular weight is 638 g/mol. The Kier molecular flexibility index (Phi) is 14.1. The molecule has 0 aromatic heterocycles. The largest absolute Gasteiger partial charge is 0.480 e. The van der Waals surface area contributed by atoms with Crippen molar-refractivity contribution < 1.29 is 29.7 Å². The number of aliphatic carboxylic acids is 3. The van der Waals surface area contributed by atoms with Gasteiger partial charge >= 0.3 is 17.9 Å². The van der Waals surface area contributed by atoms with Gasteiger partial charge in [-0.05, 0) is 57.5 Å². The number of carboxylic acids is 3. The molecule has 0 saturated carbocycles. The summed E-state index contributed by atoms with van der Waals surface area (Å²) in [6.07, 6.45) is 1.24. The highest BCUT2D eigenvalue weighted by atomic mass is 16.4. The topological polar surface area (TPSA) is 176 Å². The maximum Gasteiger partial charge on any atom is 0.321 e. The van der Waals surface area contributed by atoms with E-state index in [1.165, 1.54) is 0 Å². The van der Waals surface area contributed by atoms with E-state index in [2.05, 4.69) is 5.32 Å². The van der Waals surface area contributed by atoms with E-state index < -0.39 is 36.0 Å². The molecular formula is C38H43N3O6. The highest BCUT2D eigenvalue weighted by Gasteiger charge is 2.18. The van der Waals surface area contributed by atoms with E-state index in [4.69, 9.17) is 26.8 Å². The molecule has 0 spiro atoms. The molecule has 0 amide bonds. The van der Waals surface area contributed by atoms with Gasteiger partial charge in [0.15, 0.2) is 0 Å². The lowest BCUT2D eigenvalue weighted by atomic mass is 10.0. The number of fused-ring (bicyclic) bond motifs is 2. The van der Waals surface area contributed by atoms with Crippen molar-refractivity contribution in [1.29, 1.82) is 0 Å². The van der Waals surface area contributed by atoms with E-state index in [0.29, 0.717) is 19.3 Å². The van der Waals surface area contributed by atoms with Gasteiger partial charge in [0.1, 0.15) is 18.1 Å². The van der Waals surface area contributed by atoms with Crippen molar-refractivity contribution in [2.45, 2.75) is 57.3 Å². The number of carboxylic acid groups (broad SMARTS) is 3. The summed E-state index contributed by atoms with van der Waals surface area (Å²) in [7, 11) is 0. The minimum Gasteiger partial charge on any atom is -0.480 e. The fourth-order valence-corrected chi connectivity index (χ4v) is 4.88. The summed E-state index contributed by atoms with van der Waals surface area (Å²) in [5.74, 6) is -2.73. The number of benzene rings is 5. The van der Waals surface area contributed by atoms with Gasteiger partial charge in [0.25, 0.3) is 0 Å². The summed E-state index contributed by atoms with van der Waals surface area (Å²) in [6.45, 7) is 3.89. The Bertz CT molecular complexity index is 1660. The Morgan fingerprint density at radius 1 is 0.532 bits per heavy atom. The molecule has 0 radical (unpaired) electrons. The Hall–Kier alpha value is -5.09. The molecule has 3 atom stereocenters. The van der Waals surface area contributed by atoms with E-state index in [9.17, 15) is 14.4 Å². The van der Waals surface area contributed by atoms with Crippen molar-refractivity contribution in [3.63, 3.8) is 0 Å². The third-order valence-electron chi connectivity index (χ3n) is 7.29. The van der Waals surface area contributed by atoms with Crippen LogP contribution in [-0.4, -0.2) is 57.4 Å². The van der Waals surface area contributed by atoms with Crippen molar-refractivity contribution in [2.75, 3.05) is 0 Å². The average Bonchev–Trinajstić information content (AvgIpc) is 3.05. The van der Waals surface area contributed by atoms with Crippen LogP contribution < -0.4 is 16.8 Å². The first-order valence-electron chi connectivity index (χ1n) is 15.4. The number of carbonyl (C=O) groups is 3. The van der Waals surface area contributed by atoms with Crippen molar-refractivity contribution in [3.8, 4) is 0 Å². The molecule has 0 aliphatic rings. The first-order valence-corrected chi connectivity index (χ1v) is 15.4. The van der Waals surface area contributed by atoms with Crippen molar-refractivity contribution in [1.82, 2.24) is 5.32 Å². The number of hydrogen-bond acceptors (Lipinski definition) is 6. The van der Waals surface area contributed by atoms with Crippen LogP contribution in [0.3, 0.4) is 0 Å². The molecule has 0 unspecified atom stereocenters. The lowest BCUT2D eigenvalue weighted by Crippen LogP contribution is -2.42. The second-order valence-corrected chi connectivity index (χ2v) is 11.6. The van der Waals surface area contributed by atoms with Crippen LogP contribution in [0.2, 0.25) is 0 Å². The van der Waals surface area contributed by atoms with Crippen LogP contribution in [0, 0.1) is 0 Å². The van der Waals surface area contributed by atoms with Crippen molar-refractivity contribution in [2.24, 2.45) is 11.5 Å². The van der Waals surface area contributed by atoms with Gasteiger partial charge in [-0.3, -0.25) is 14.4 Å². The van der Waals surface area contributed by atoms with Crippen LogP contribution in [0.15, 0.2) is 115 Å². The Morgan fingerprint density at radius 3 is 1.32 bits per heavy atom. The molecule has 0 aliphatic carbocycles. The zero-order chi connectivity index (χ0) is 34.3.